The quantitative estimate of drug-likeness (QED) is 0.182. The number of nitrogens with zero attached hydrogens (tertiary/aromatic N) is 3. The Morgan fingerprint density at radius 3 is 2.43 bits per heavy atom. The molecular weight excluding hydrogens is 583 g/mol. The Labute approximate surface area is 240 Å². The number of nitrogens with one attached hydrogen (secondary N) is 2. The van der Waals surface area contributed by atoms with E-state index in [0.29, 0.717) is 0 Å². The van der Waals surface area contributed by atoms with E-state index in [2.05, 4.69) is 15.1 Å². The van der Waals surface area contributed by atoms with Crippen LogP contribution < -0.4 is 14.8 Å². The summed E-state index contributed by atoms with van der Waals surface area (Å²) < 4.78 is 79.8. The lowest BCUT2D eigenvalue weighted by molar-refractivity contribution is -0.385. The molecule has 2 aromatic carbocycles. The van der Waals surface area contributed by atoms with Gasteiger partial charge in [0.05, 0.1) is 22.6 Å². The van der Waals surface area contributed by atoms with Crippen molar-refractivity contribution in [3.8, 4) is 11.6 Å². The monoisotopic (exact) mass is 613 g/mol. The van der Waals surface area contributed by atoms with Crippen LogP contribution >= 0.6 is 0 Å². The summed E-state index contributed by atoms with van der Waals surface area (Å²) >= 11 is 0. The van der Waals surface area contributed by atoms with Gasteiger partial charge in [0.2, 0.25) is 15.9 Å². The molecule has 0 unspecified atom stereocenters. The lowest BCUT2D eigenvalue weighted by atomic mass is 10.1. The van der Waals surface area contributed by atoms with Crippen LogP contribution in [0.1, 0.15) is 48.0 Å². The second kappa shape index (κ2) is 12.5. The van der Waals surface area contributed by atoms with Crippen LogP contribution in [0.15, 0.2) is 47.4 Å². The maximum absolute atomic E-state index is 13.1. The number of nitro groups is 1. The minimum atomic E-state index is -4.54. The smallest absolute Gasteiger partial charge is 0.416 e. The summed E-state index contributed by atoms with van der Waals surface area (Å²) in [5.74, 6) is -1.00. The summed E-state index contributed by atoms with van der Waals surface area (Å²) in [6.45, 7) is 6.44. The molecule has 0 bridgehead atoms. The Hall–Kier alpha value is -4.02. The van der Waals surface area contributed by atoms with Gasteiger partial charge >= 0.3 is 6.18 Å². The standard InChI is InChI=1S/C26H30F3N5O7S/c1-16-22(23(35)30-15-17-7-6-8-18(13-17)26(27,28)29)32-33(25(2,3)4)24(16)41-20-10-9-19(34(36)37)14-21(20)42(38,39)31-11-12-40-5/h6-10,13-14,31H,11-12,15H2,1-5H3,(H,30,35). The average molecular weight is 614 g/mol. The molecule has 0 spiro atoms. The van der Waals surface area contributed by atoms with Gasteiger partial charge in [0, 0.05) is 37.9 Å². The number of benzene rings is 2. The number of hydrogen-bond donors (Lipinski definition) is 2. The van der Waals surface area contributed by atoms with Crippen molar-refractivity contribution < 1.29 is 40.8 Å². The fourth-order valence-corrected chi connectivity index (χ4v) is 4.92. The number of carbonyl (C=O) groups is 1. The molecule has 12 nitrogen and oxygen atoms in total. The SMILES string of the molecule is COCCNS(=O)(=O)c1cc([N+](=O)[O-])ccc1Oc1c(C)c(C(=O)NCc2cccc(C(F)(F)F)c2)nn1C(C)(C)C. The van der Waals surface area contributed by atoms with Crippen molar-refractivity contribution in [3.63, 3.8) is 0 Å². The van der Waals surface area contributed by atoms with Crippen molar-refractivity contribution in [1.29, 1.82) is 0 Å². The van der Waals surface area contributed by atoms with Crippen LogP contribution in [0.3, 0.4) is 0 Å². The van der Waals surface area contributed by atoms with E-state index < -0.39 is 48.7 Å². The van der Waals surface area contributed by atoms with Gasteiger partial charge in [0.25, 0.3) is 11.6 Å². The molecular formula is C26H30F3N5O7S. The van der Waals surface area contributed by atoms with Gasteiger partial charge in [-0.3, -0.25) is 14.9 Å². The fraction of sp³-hybridized carbons (Fsp3) is 0.385. The fourth-order valence-electron chi connectivity index (χ4n) is 3.76. The molecule has 0 atom stereocenters. The highest BCUT2D eigenvalue weighted by Crippen LogP contribution is 2.36. The number of halogens is 3. The molecule has 228 valence electrons. The lowest BCUT2D eigenvalue weighted by Gasteiger charge is -2.22. The number of aromatic nitrogens is 2. The number of nitro benzene ring substituents is 1. The Bertz CT molecular complexity index is 1580. The molecule has 3 aromatic rings. The number of ether oxygens (including phenoxy) is 2. The molecule has 3 rings (SSSR count). The summed E-state index contributed by atoms with van der Waals surface area (Å²) in [4.78, 5) is 23.2. The van der Waals surface area contributed by atoms with Gasteiger partial charge in [0.1, 0.15) is 10.6 Å². The molecule has 1 aromatic heterocycles. The molecule has 1 amide bonds. The maximum Gasteiger partial charge on any atom is 0.416 e. The molecule has 2 N–H and O–H groups in total. The number of rotatable bonds is 11. The second-order valence-corrected chi connectivity index (χ2v) is 11.9. The molecule has 16 heteroatoms. The third-order valence-corrected chi connectivity index (χ3v) is 7.34. The first-order chi connectivity index (χ1) is 19.5. The van der Waals surface area contributed by atoms with Crippen molar-refractivity contribution in [1.82, 2.24) is 19.8 Å². The average Bonchev–Trinajstić information content (AvgIpc) is 3.23. The summed E-state index contributed by atoms with van der Waals surface area (Å²) in [6, 6.07) is 7.55. The molecule has 1 heterocycles. The van der Waals surface area contributed by atoms with E-state index in [1.54, 1.807) is 20.8 Å². The van der Waals surface area contributed by atoms with Crippen molar-refractivity contribution in [2.45, 2.75) is 50.9 Å². The van der Waals surface area contributed by atoms with E-state index >= 15 is 0 Å². The van der Waals surface area contributed by atoms with E-state index in [9.17, 15) is 36.5 Å². The van der Waals surface area contributed by atoms with Gasteiger partial charge in [-0.05, 0) is 51.5 Å². The number of carbonyl (C=O) groups excluding carboxylic acids is 1. The summed E-state index contributed by atoms with van der Waals surface area (Å²) in [7, 11) is -2.94. The predicted molar refractivity (Wildman–Crippen MR) is 145 cm³/mol. The van der Waals surface area contributed by atoms with Crippen LogP contribution in [0.25, 0.3) is 0 Å². The van der Waals surface area contributed by atoms with Crippen LogP contribution in [0.2, 0.25) is 0 Å². The third-order valence-electron chi connectivity index (χ3n) is 5.86. The van der Waals surface area contributed by atoms with Gasteiger partial charge in [0.15, 0.2) is 5.69 Å². The Kier molecular flexibility index (Phi) is 9.64. The first-order valence-electron chi connectivity index (χ1n) is 12.4. The topological polar surface area (TPSA) is 155 Å². The molecule has 0 radical (unpaired) electrons. The molecule has 0 saturated carbocycles. The largest absolute Gasteiger partial charge is 0.438 e. The molecule has 0 fully saturated rings. The Morgan fingerprint density at radius 1 is 1.14 bits per heavy atom. The van der Waals surface area contributed by atoms with E-state index in [1.165, 1.54) is 30.8 Å². The van der Waals surface area contributed by atoms with Crippen molar-refractivity contribution >= 4 is 21.6 Å². The summed E-state index contributed by atoms with van der Waals surface area (Å²) in [5.41, 5.74) is -1.86. The minimum Gasteiger partial charge on any atom is -0.438 e. The molecule has 0 aliphatic carbocycles. The second-order valence-electron chi connectivity index (χ2n) is 10.1. The van der Waals surface area contributed by atoms with Crippen LogP contribution in [0, 0.1) is 17.0 Å². The van der Waals surface area contributed by atoms with Gasteiger partial charge in [-0.25, -0.2) is 17.8 Å². The number of methoxy groups -OCH3 is 1. The molecule has 0 saturated heterocycles. The van der Waals surface area contributed by atoms with Gasteiger partial charge in [-0.2, -0.15) is 18.3 Å². The first kappa shape index (κ1) is 32.5. The van der Waals surface area contributed by atoms with Crippen LogP contribution in [-0.2, 0) is 33.0 Å². The highest BCUT2D eigenvalue weighted by Gasteiger charge is 2.32. The predicted octanol–water partition coefficient (Wildman–Crippen LogP) is 4.52. The number of amides is 1. The number of non-ortho nitro benzene ring substituents is 1. The van der Waals surface area contributed by atoms with Gasteiger partial charge < -0.3 is 14.8 Å². The highest BCUT2D eigenvalue weighted by atomic mass is 32.2. The zero-order chi connectivity index (χ0) is 31.5. The number of hydrogen-bond acceptors (Lipinski definition) is 8. The maximum atomic E-state index is 13.1. The van der Waals surface area contributed by atoms with Crippen molar-refractivity contribution in [2.75, 3.05) is 20.3 Å². The zero-order valence-corrected chi connectivity index (χ0v) is 24.2. The zero-order valence-electron chi connectivity index (χ0n) is 23.4. The minimum absolute atomic E-state index is 0.0195. The molecule has 0 aliphatic rings. The van der Waals surface area contributed by atoms with Gasteiger partial charge in [-0.1, -0.05) is 12.1 Å². The lowest BCUT2D eigenvalue weighted by Crippen LogP contribution is -2.28. The first-order valence-corrected chi connectivity index (χ1v) is 13.9. The van der Waals surface area contributed by atoms with E-state index in [0.717, 1.165) is 30.3 Å². The third kappa shape index (κ3) is 7.63. The van der Waals surface area contributed by atoms with Crippen LogP contribution in [0.5, 0.6) is 11.6 Å². The summed E-state index contributed by atoms with van der Waals surface area (Å²) in [5, 5.41) is 18.3. The normalized spacial score (nSPS) is 12.3. The highest BCUT2D eigenvalue weighted by molar-refractivity contribution is 7.89. The Morgan fingerprint density at radius 2 is 1.83 bits per heavy atom. The van der Waals surface area contributed by atoms with Crippen molar-refractivity contribution in [2.24, 2.45) is 0 Å². The number of alkyl halides is 3. The van der Waals surface area contributed by atoms with E-state index in [1.807, 2.05) is 0 Å². The van der Waals surface area contributed by atoms with Crippen molar-refractivity contribution in [3.05, 3.63) is 75.0 Å². The van der Waals surface area contributed by atoms with E-state index in [4.69, 9.17) is 9.47 Å². The van der Waals surface area contributed by atoms with Crippen LogP contribution in [0.4, 0.5) is 18.9 Å². The van der Waals surface area contributed by atoms with Crippen LogP contribution in [-0.4, -0.2) is 49.3 Å². The molecule has 42 heavy (non-hydrogen) atoms. The molecule has 0 aliphatic heterocycles. The van der Waals surface area contributed by atoms with E-state index in [-0.39, 0.29) is 48.1 Å². The summed E-state index contributed by atoms with van der Waals surface area (Å²) in [6.07, 6.45) is -4.54. The Balaban J connectivity index is 2.00. The van der Waals surface area contributed by atoms with Gasteiger partial charge in [-0.15, -0.1) is 0 Å². The number of sulfonamides is 1.